The molecule has 0 aliphatic heterocycles. The lowest BCUT2D eigenvalue weighted by molar-refractivity contribution is -0.155. The fourth-order valence-electron chi connectivity index (χ4n) is 2.36. The van der Waals surface area contributed by atoms with Gasteiger partial charge in [-0.3, -0.25) is 9.59 Å². The van der Waals surface area contributed by atoms with Gasteiger partial charge in [-0.15, -0.1) is 0 Å². The number of aryl methyl sites for hydroxylation is 2. The number of hydrogen-bond donors (Lipinski definition) is 2. The Morgan fingerprint density at radius 3 is 2.33 bits per heavy atom. The van der Waals surface area contributed by atoms with Crippen molar-refractivity contribution in [2.45, 2.75) is 31.3 Å². The molecule has 27 heavy (non-hydrogen) atoms. The highest BCUT2D eigenvalue weighted by molar-refractivity contribution is 7.89. The summed E-state index contributed by atoms with van der Waals surface area (Å²) in [5.74, 6) is -1.53. The molecular formula is C19H22N2O5S. The van der Waals surface area contributed by atoms with E-state index in [0.29, 0.717) is 5.56 Å². The van der Waals surface area contributed by atoms with Crippen LogP contribution in [0.1, 0.15) is 29.2 Å². The van der Waals surface area contributed by atoms with Gasteiger partial charge < -0.3 is 10.5 Å². The van der Waals surface area contributed by atoms with Crippen LogP contribution < -0.4 is 10.5 Å². The van der Waals surface area contributed by atoms with Crippen LogP contribution in [0.2, 0.25) is 0 Å². The van der Waals surface area contributed by atoms with E-state index in [0.717, 1.165) is 11.1 Å². The summed E-state index contributed by atoms with van der Waals surface area (Å²) in [7, 11) is -3.74. The van der Waals surface area contributed by atoms with Gasteiger partial charge in [-0.2, -0.15) is 0 Å². The Morgan fingerprint density at radius 1 is 1.07 bits per heavy atom. The summed E-state index contributed by atoms with van der Waals surface area (Å²) in [6.45, 7) is 3.55. The second-order valence-electron chi connectivity index (χ2n) is 6.08. The van der Waals surface area contributed by atoms with Gasteiger partial charge in [0.05, 0.1) is 11.3 Å². The molecule has 2 aromatic carbocycles. The van der Waals surface area contributed by atoms with Crippen molar-refractivity contribution < 1.29 is 22.7 Å². The number of nitrogens with one attached hydrogen (secondary N) is 1. The van der Waals surface area contributed by atoms with Crippen LogP contribution in [-0.2, 0) is 24.3 Å². The monoisotopic (exact) mass is 390 g/mol. The summed E-state index contributed by atoms with van der Waals surface area (Å²) in [4.78, 5) is 23.7. The molecule has 144 valence electrons. The van der Waals surface area contributed by atoms with Crippen molar-refractivity contribution in [3.8, 4) is 0 Å². The summed E-state index contributed by atoms with van der Waals surface area (Å²) in [5, 5.41) is 0. The number of esters is 1. The van der Waals surface area contributed by atoms with Crippen LogP contribution in [-0.4, -0.2) is 26.8 Å². The van der Waals surface area contributed by atoms with Crippen LogP contribution >= 0.6 is 0 Å². The van der Waals surface area contributed by atoms with E-state index in [-0.39, 0.29) is 17.9 Å². The molecule has 1 amide bonds. The fraction of sp³-hybridized carbons (Fsp3) is 0.263. The largest absolute Gasteiger partial charge is 0.447 e. The SMILES string of the molecule is Cc1ccc(S(=O)(=O)NCCC(=O)O[C@H](C(N)=O)c2ccccc2)cc1C. The molecule has 3 N–H and O–H groups in total. The Hall–Kier alpha value is -2.71. The molecule has 0 saturated carbocycles. The van der Waals surface area contributed by atoms with Crippen molar-refractivity contribution in [3.05, 3.63) is 65.2 Å². The summed E-state index contributed by atoms with van der Waals surface area (Å²) in [6, 6.07) is 13.2. The van der Waals surface area contributed by atoms with Crippen molar-refractivity contribution in [1.82, 2.24) is 4.72 Å². The Morgan fingerprint density at radius 2 is 1.74 bits per heavy atom. The molecule has 1 atom stereocenters. The number of nitrogens with two attached hydrogens (primary N) is 1. The number of hydrogen-bond acceptors (Lipinski definition) is 5. The first kappa shape index (κ1) is 20.6. The molecular weight excluding hydrogens is 368 g/mol. The molecule has 0 aliphatic rings. The molecule has 7 nitrogen and oxygen atoms in total. The van der Waals surface area contributed by atoms with Gasteiger partial charge in [0.25, 0.3) is 5.91 Å². The number of benzene rings is 2. The first-order valence-corrected chi connectivity index (χ1v) is 9.79. The molecule has 2 rings (SSSR count). The molecule has 0 unspecified atom stereocenters. The van der Waals surface area contributed by atoms with Gasteiger partial charge in [0.15, 0.2) is 0 Å². The van der Waals surface area contributed by atoms with Crippen molar-refractivity contribution in [3.63, 3.8) is 0 Å². The Bertz CT molecular complexity index is 926. The molecule has 0 aromatic heterocycles. The van der Waals surface area contributed by atoms with Crippen LogP contribution in [0.25, 0.3) is 0 Å². The maximum atomic E-state index is 12.3. The van der Waals surface area contributed by atoms with Crippen LogP contribution in [0.4, 0.5) is 0 Å². The maximum absolute atomic E-state index is 12.3. The zero-order chi connectivity index (χ0) is 20.0. The molecule has 8 heteroatoms. The number of rotatable bonds is 8. The highest BCUT2D eigenvalue weighted by Crippen LogP contribution is 2.18. The molecule has 0 aliphatic carbocycles. The van der Waals surface area contributed by atoms with E-state index in [1.165, 1.54) is 6.07 Å². The number of ether oxygens (including phenoxy) is 1. The Balaban J connectivity index is 1.94. The number of amides is 1. The first-order valence-electron chi connectivity index (χ1n) is 8.31. The first-order chi connectivity index (χ1) is 12.7. The van der Waals surface area contributed by atoms with E-state index in [9.17, 15) is 18.0 Å². The summed E-state index contributed by atoms with van der Waals surface area (Å²) in [6.07, 6.45) is -1.45. The summed E-state index contributed by atoms with van der Waals surface area (Å²) in [5.41, 5.74) is 7.58. The summed E-state index contributed by atoms with van der Waals surface area (Å²) < 4.78 is 32.0. The highest BCUT2D eigenvalue weighted by Gasteiger charge is 2.22. The molecule has 0 heterocycles. The lowest BCUT2D eigenvalue weighted by atomic mass is 10.1. The second-order valence-corrected chi connectivity index (χ2v) is 7.84. The van der Waals surface area contributed by atoms with E-state index in [1.807, 2.05) is 13.8 Å². The van der Waals surface area contributed by atoms with Crippen LogP contribution in [0, 0.1) is 13.8 Å². The van der Waals surface area contributed by atoms with Crippen LogP contribution in [0.15, 0.2) is 53.4 Å². The van der Waals surface area contributed by atoms with Gasteiger partial charge in [0.2, 0.25) is 16.1 Å². The van der Waals surface area contributed by atoms with Crippen molar-refractivity contribution in [2.75, 3.05) is 6.54 Å². The average Bonchev–Trinajstić information content (AvgIpc) is 2.62. The standard InChI is InChI=1S/C19H22N2O5S/c1-13-8-9-16(12-14(13)2)27(24,25)21-11-10-17(22)26-18(19(20)23)15-6-4-3-5-7-15/h3-9,12,18,21H,10-11H2,1-2H3,(H2,20,23)/t18-/m0/s1. The van der Waals surface area contributed by atoms with E-state index < -0.39 is 28.0 Å². The van der Waals surface area contributed by atoms with E-state index in [1.54, 1.807) is 42.5 Å². The smallest absolute Gasteiger partial charge is 0.308 e. The molecule has 0 saturated heterocycles. The average molecular weight is 390 g/mol. The third-order valence-electron chi connectivity index (χ3n) is 4.02. The van der Waals surface area contributed by atoms with Gasteiger partial charge >= 0.3 is 5.97 Å². The minimum atomic E-state index is -3.74. The van der Waals surface area contributed by atoms with Gasteiger partial charge in [0, 0.05) is 12.1 Å². The van der Waals surface area contributed by atoms with Crippen molar-refractivity contribution in [1.29, 1.82) is 0 Å². The van der Waals surface area contributed by atoms with Gasteiger partial charge in [-0.25, -0.2) is 13.1 Å². The van der Waals surface area contributed by atoms with E-state index in [4.69, 9.17) is 10.5 Å². The fourth-order valence-corrected chi connectivity index (χ4v) is 3.48. The number of primary amides is 1. The van der Waals surface area contributed by atoms with Gasteiger partial charge in [0.1, 0.15) is 0 Å². The maximum Gasteiger partial charge on any atom is 0.308 e. The van der Waals surface area contributed by atoms with Gasteiger partial charge in [-0.05, 0) is 37.1 Å². The van der Waals surface area contributed by atoms with Gasteiger partial charge in [-0.1, -0.05) is 36.4 Å². The zero-order valence-corrected chi connectivity index (χ0v) is 16.0. The minimum absolute atomic E-state index is 0.123. The van der Waals surface area contributed by atoms with Crippen molar-refractivity contribution >= 4 is 21.9 Å². The van der Waals surface area contributed by atoms with Crippen molar-refractivity contribution in [2.24, 2.45) is 5.73 Å². The molecule has 0 radical (unpaired) electrons. The summed E-state index contributed by atoms with van der Waals surface area (Å²) >= 11 is 0. The molecule has 0 spiro atoms. The molecule has 0 fully saturated rings. The lowest BCUT2D eigenvalue weighted by Crippen LogP contribution is -2.29. The van der Waals surface area contributed by atoms with E-state index >= 15 is 0 Å². The topological polar surface area (TPSA) is 116 Å². The van der Waals surface area contributed by atoms with Crippen LogP contribution in [0.5, 0.6) is 0 Å². The van der Waals surface area contributed by atoms with E-state index in [2.05, 4.69) is 4.72 Å². The molecule has 0 bridgehead atoms. The predicted octanol–water partition coefficient (Wildman–Crippen LogP) is 1.74. The normalized spacial score (nSPS) is 12.4. The third kappa shape index (κ3) is 5.63. The molecule has 2 aromatic rings. The lowest BCUT2D eigenvalue weighted by Gasteiger charge is -2.15. The number of carbonyl (C=O) groups is 2. The number of sulfonamides is 1. The Kier molecular flexibility index (Phi) is 6.70. The highest BCUT2D eigenvalue weighted by atomic mass is 32.2. The predicted molar refractivity (Wildman–Crippen MR) is 100 cm³/mol. The van der Waals surface area contributed by atoms with Crippen LogP contribution in [0.3, 0.4) is 0 Å². The Labute approximate surface area is 158 Å². The second kappa shape index (κ2) is 8.79. The zero-order valence-electron chi connectivity index (χ0n) is 15.1. The minimum Gasteiger partial charge on any atom is -0.447 e. The third-order valence-corrected chi connectivity index (χ3v) is 5.48. The quantitative estimate of drug-likeness (QED) is 0.666. The number of carbonyl (C=O) groups excluding carboxylic acids is 2.